The van der Waals surface area contributed by atoms with E-state index >= 15 is 0 Å². The lowest BCUT2D eigenvalue weighted by atomic mass is 9.99. The number of likely N-dealkylation sites (tertiary alicyclic amines) is 1. The Morgan fingerprint density at radius 2 is 2.07 bits per heavy atom. The minimum absolute atomic E-state index is 0.00592. The summed E-state index contributed by atoms with van der Waals surface area (Å²) >= 11 is 3.50. The molecular weight excluding hydrogens is 431 g/mol. The number of amides is 2. The van der Waals surface area contributed by atoms with Crippen molar-refractivity contribution in [3.05, 3.63) is 34.3 Å². The monoisotopic (exact) mass is 453 g/mol. The van der Waals surface area contributed by atoms with Gasteiger partial charge in [-0.2, -0.15) is 13.2 Å². The van der Waals surface area contributed by atoms with E-state index in [1.165, 1.54) is 5.56 Å². The highest BCUT2D eigenvalue weighted by atomic mass is 79.9. The molecule has 152 valence electrons. The van der Waals surface area contributed by atoms with Crippen LogP contribution >= 0.6 is 15.9 Å². The Bertz CT molecular complexity index is 643. The van der Waals surface area contributed by atoms with E-state index in [1.54, 1.807) is 0 Å². The molecular formula is C17H23BrF3N3O3. The zero-order valence-corrected chi connectivity index (χ0v) is 16.4. The average molecular weight is 454 g/mol. The summed E-state index contributed by atoms with van der Waals surface area (Å²) in [7, 11) is 0. The molecule has 4 N–H and O–H groups in total. The first kappa shape index (κ1) is 23.2. The van der Waals surface area contributed by atoms with Crippen LogP contribution in [0.5, 0.6) is 0 Å². The van der Waals surface area contributed by atoms with E-state index in [4.69, 9.17) is 15.6 Å². The van der Waals surface area contributed by atoms with Crippen molar-refractivity contribution in [1.82, 2.24) is 10.2 Å². The molecule has 1 aliphatic rings. The number of hydrogen-bond acceptors (Lipinski definition) is 3. The van der Waals surface area contributed by atoms with Crippen LogP contribution in [-0.4, -0.2) is 53.9 Å². The summed E-state index contributed by atoms with van der Waals surface area (Å²) in [6.45, 7) is 4.16. The van der Waals surface area contributed by atoms with Gasteiger partial charge in [0.15, 0.2) is 0 Å². The number of benzene rings is 1. The third kappa shape index (κ3) is 8.17. The second-order valence-corrected chi connectivity index (χ2v) is 7.06. The van der Waals surface area contributed by atoms with Crippen molar-refractivity contribution in [2.24, 2.45) is 5.73 Å². The Labute approximate surface area is 164 Å². The first-order chi connectivity index (χ1) is 12.5. The van der Waals surface area contributed by atoms with Crippen LogP contribution in [0.15, 0.2) is 28.7 Å². The number of nitrogens with one attached hydrogen (secondary N) is 1. The van der Waals surface area contributed by atoms with Crippen LogP contribution in [0.3, 0.4) is 0 Å². The Hall–Kier alpha value is -1.81. The van der Waals surface area contributed by atoms with Gasteiger partial charge in [0, 0.05) is 36.1 Å². The number of hydrogen-bond donors (Lipinski definition) is 3. The summed E-state index contributed by atoms with van der Waals surface area (Å²) in [6.07, 6.45) is -3.19. The lowest BCUT2D eigenvalue weighted by Gasteiger charge is -2.19. The molecule has 2 amide bonds. The molecule has 2 unspecified atom stereocenters. The molecule has 1 aliphatic heterocycles. The van der Waals surface area contributed by atoms with Gasteiger partial charge in [-0.3, -0.25) is 0 Å². The zero-order valence-electron chi connectivity index (χ0n) is 14.8. The third-order valence-electron chi connectivity index (χ3n) is 4.08. The molecule has 1 aromatic rings. The zero-order chi connectivity index (χ0) is 20.6. The Morgan fingerprint density at radius 1 is 1.44 bits per heavy atom. The first-order valence-corrected chi connectivity index (χ1v) is 9.17. The quantitative estimate of drug-likeness (QED) is 0.651. The normalized spacial score (nSPS) is 17.7. The van der Waals surface area contributed by atoms with E-state index in [2.05, 4.69) is 33.4 Å². The molecule has 1 heterocycles. The van der Waals surface area contributed by atoms with E-state index in [9.17, 15) is 18.0 Å². The highest BCUT2D eigenvalue weighted by Crippen LogP contribution is 2.28. The van der Waals surface area contributed by atoms with Crippen LogP contribution in [0.1, 0.15) is 31.2 Å². The van der Waals surface area contributed by atoms with Gasteiger partial charge in [0.2, 0.25) is 0 Å². The van der Waals surface area contributed by atoms with Crippen molar-refractivity contribution in [2.75, 3.05) is 19.6 Å². The lowest BCUT2D eigenvalue weighted by Crippen LogP contribution is -2.43. The summed E-state index contributed by atoms with van der Waals surface area (Å²) in [4.78, 5) is 22.8. The van der Waals surface area contributed by atoms with Crippen LogP contribution in [0.25, 0.3) is 0 Å². The summed E-state index contributed by atoms with van der Waals surface area (Å²) in [5.74, 6) is -2.33. The van der Waals surface area contributed by atoms with Gasteiger partial charge < -0.3 is 21.1 Å². The Kier molecular flexibility index (Phi) is 9.04. The number of halogens is 4. The number of carbonyl (C=O) groups is 2. The van der Waals surface area contributed by atoms with E-state index in [1.807, 2.05) is 24.0 Å². The molecule has 0 radical (unpaired) electrons. The minimum atomic E-state index is -5.08. The number of aliphatic carboxylic acids is 1. The fourth-order valence-electron chi connectivity index (χ4n) is 2.45. The SMILES string of the molecule is CCC(N)CNC(=O)N1CCC(c2cccc(Br)c2)C1.O=C(O)C(F)(F)F. The number of rotatable bonds is 4. The number of carbonyl (C=O) groups excluding carboxylic acids is 1. The number of urea groups is 1. The molecule has 0 spiro atoms. The number of carboxylic acid groups (broad SMARTS) is 1. The molecule has 2 atom stereocenters. The Balaban J connectivity index is 0.000000445. The lowest BCUT2D eigenvalue weighted by molar-refractivity contribution is -0.192. The first-order valence-electron chi connectivity index (χ1n) is 8.38. The van der Waals surface area contributed by atoms with Gasteiger partial charge in [0.25, 0.3) is 0 Å². The molecule has 27 heavy (non-hydrogen) atoms. The summed E-state index contributed by atoms with van der Waals surface area (Å²) < 4.78 is 32.8. The van der Waals surface area contributed by atoms with Crippen molar-refractivity contribution in [3.8, 4) is 0 Å². The third-order valence-corrected chi connectivity index (χ3v) is 4.57. The standard InChI is InChI=1S/C15H22BrN3O.C2HF3O2/c1-2-14(17)9-18-15(20)19-7-6-12(10-19)11-4-3-5-13(16)8-11;3-2(4,5)1(6)7/h3-5,8,12,14H,2,6-7,9-10,17H2,1H3,(H,18,20);(H,6,7). The van der Waals surface area contributed by atoms with Gasteiger partial charge >= 0.3 is 18.2 Å². The van der Waals surface area contributed by atoms with E-state index in [0.29, 0.717) is 12.5 Å². The van der Waals surface area contributed by atoms with Crippen molar-refractivity contribution >= 4 is 27.9 Å². The van der Waals surface area contributed by atoms with Crippen LogP contribution in [0.4, 0.5) is 18.0 Å². The van der Waals surface area contributed by atoms with Gasteiger partial charge in [-0.15, -0.1) is 0 Å². The van der Waals surface area contributed by atoms with E-state index in [-0.39, 0.29) is 12.1 Å². The highest BCUT2D eigenvalue weighted by Gasteiger charge is 2.38. The summed E-state index contributed by atoms with van der Waals surface area (Å²) in [5.41, 5.74) is 7.11. The molecule has 1 fully saturated rings. The smallest absolute Gasteiger partial charge is 0.475 e. The average Bonchev–Trinajstić information content (AvgIpc) is 3.09. The van der Waals surface area contributed by atoms with Gasteiger partial charge in [-0.05, 0) is 30.5 Å². The highest BCUT2D eigenvalue weighted by molar-refractivity contribution is 9.10. The van der Waals surface area contributed by atoms with Crippen molar-refractivity contribution in [3.63, 3.8) is 0 Å². The predicted octanol–water partition coefficient (Wildman–Crippen LogP) is 3.32. The topological polar surface area (TPSA) is 95.7 Å². The molecule has 0 bridgehead atoms. The molecule has 0 saturated carbocycles. The fraction of sp³-hybridized carbons (Fsp3) is 0.529. The van der Waals surface area contributed by atoms with E-state index < -0.39 is 12.1 Å². The Morgan fingerprint density at radius 3 is 2.59 bits per heavy atom. The molecule has 2 rings (SSSR count). The van der Waals surface area contributed by atoms with Gasteiger partial charge in [0.05, 0.1) is 0 Å². The van der Waals surface area contributed by atoms with Crippen LogP contribution in [0, 0.1) is 0 Å². The number of nitrogens with zero attached hydrogens (tertiary/aromatic N) is 1. The van der Waals surface area contributed by atoms with Crippen molar-refractivity contribution in [2.45, 2.75) is 37.9 Å². The second kappa shape index (κ2) is 10.5. The summed E-state index contributed by atoms with van der Waals surface area (Å²) in [6, 6.07) is 8.38. The number of alkyl halides is 3. The van der Waals surface area contributed by atoms with Crippen molar-refractivity contribution in [1.29, 1.82) is 0 Å². The molecule has 6 nitrogen and oxygen atoms in total. The van der Waals surface area contributed by atoms with Crippen LogP contribution in [0.2, 0.25) is 0 Å². The summed E-state index contributed by atoms with van der Waals surface area (Å²) in [5, 5.41) is 10.0. The van der Waals surface area contributed by atoms with Crippen LogP contribution in [-0.2, 0) is 4.79 Å². The maximum Gasteiger partial charge on any atom is 0.490 e. The molecule has 0 aliphatic carbocycles. The second-order valence-electron chi connectivity index (χ2n) is 6.14. The van der Waals surface area contributed by atoms with Crippen LogP contribution < -0.4 is 11.1 Å². The largest absolute Gasteiger partial charge is 0.490 e. The molecule has 10 heteroatoms. The fourth-order valence-corrected chi connectivity index (χ4v) is 2.87. The van der Waals surface area contributed by atoms with Gasteiger partial charge in [-0.1, -0.05) is 35.0 Å². The van der Waals surface area contributed by atoms with Gasteiger partial charge in [-0.25, -0.2) is 9.59 Å². The molecule has 1 saturated heterocycles. The van der Waals surface area contributed by atoms with Crippen molar-refractivity contribution < 1.29 is 27.9 Å². The maximum absolute atomic E-state index is 12.1. The van der Waals surface area contributed by atoms with E-state index in [0.717, 1.165) is 30.4 Å². The number of nitrogens with two attached hydrogens (primary N) is 1. The predicted molar refractivity (Wildman–Crippen MR) is 98.4 cm³/mol. The minimum Gasteiger partial charge on any atom is -0.475 e. The molecule has 1 aromatic carbocycles. The maximum atomic E-state index is 12.1. The number of carboxylic acids is 1. The van der Waals surface area contributed by atoms with Gasteiger partial charge in [0.1, 0.15) is 0 Å². The molecule has 0 aromatic heterocycles.